The summed E-state index contributed by atoms with van der Waals surface area (Å²) >= 11 is 0. The summed E-state index contributed by atoms with van der Waals surface area (Å²) < 4.78 is 13.1. The van der Waals surface area contributed by atoms with Crippen LogP contribution in [0.15, 0.2) is 24.3 Å². The first-order chi connectivity index (χ1) is 10.8. The number of hydrogen-bond donors (Lipinski definition) is 2. The second-order valence-corrected chi connectivity index (χ2v) is 5.82. The lowest BCUT2D eigenvalue weighted by Gasteiger charge is -2.25. The van der Waals surface area contributed by atoms with Crippen molar-refractivity contribution in [2.24, 2.45) is 5.92 Å². The quantitative estimate of drug-likeness (QED) is 0.856. The van der Waals surface area contributed by atoms with Gasteiger partial charge < -0.3 is 15.3 Å². The maximum atomic E-state index is 13.1. The van der Waals surface area contributed by atoms with Gasteiger partial charge in [-0.1, -0.05) is 12.1 Å². The Labute approximate surface area is 133 Å². The van der Waals surface area contributed by atoms with Crippen LogP contribution in [0.3, 0.4) is 0 Å². The maximum Gasteiger partial charge on any atom is 0.305 e. The van der Waals surface area contributed by atoms with Crippen LogP contribution in [0, 0.1) is 11.7 Å². The van der Waals surface area contributed by atoms with E-state index in [9.17, 15) is 18.8 Å². The normalized spacial score (nSPS) is 22.0. The first kappa shape index (κ1) is 16.9. The third kappa shape index (κ3) is 3.85. The van der Waals surface area contributed by atoms with Gasteiger partial charge in [0.05, 0.1) is 18.4 Å². The van der Waals surface area contributed by atoms with Gasteiger partial charge in [0.1, 0.15) is 5.82 Å². The van der Waals surface area contributed by atoms with Crippen molar-refractivity contribution in [3.8, 4) is 0 Å². The number of carbonyl (C=O) groups is 3. The van der Waals surface area contributed by atoms with Gasteiger partial charge in [0.25, 0.3) is 0 Å². The molecule has 2 N–H and O–H groups in total. The molecule has 1 aromatic rings. The summed E-state index contributed by atoms with van der Waals surface area (Å²) in [6.07, 6.45) is -0.145. The summed E-state index contributed by atoms with van der Waals surface area (Å²) in [5.74, 6) is -2.57. The molecule has 1 aliphatic heterocycles. The molecular formula is C16H19FN2O4. The topological polar surface area (TPSA) is 86.7 Å². The van der Waals surface area contributed by atoms with Crippen LogP contribution in [0.5, 0.6) is 0 Å². The minimum atomic E-state index is -1.01. The second-order valence-electron chi connectivity index (χ2n) is 5.82. The van der Waals surface area contributed by atoms with E-state index in [1.165, 1.54) is 17.0 Å². The van der Waals surface area contributed by atoms with Crippen LogP contribution in [0.1, 0.15) is 31.4 Å². The highest BCUT2D eigenvalue weighted by Crippen LogP contribution is 2.37. The summed E-state index contributed by atoms with van der Waals surface area (Å²) in [5, 5.41) is 11.4. The number of hydrogen-bond acceptors (Lipinski definition) is 3. The Hall–Kier alpha value is -2.44. The van der Waals surface area contributed by atoms with Crippen LogP contribution in [0.25, 0.3) is 0 Å². The van der Waals surface area contributed by atoms with Gasteiger partial charge >= 0.3 is 5.97 Å². The number of likely N-dealkylation sites (tertiary alicyclic amines) is 1. The molecule has 0 bridgehead atoms. The molecule has 0 aliphatic carbocycles. The third-order valence-electron chi connectivity index (χ3n) is 4.00. The Morgan fingerprint density at radius 1 is 1.39 bits per heavy atom. The fraction of sp³-hybridized carbons (Fsp3) is 0.438. The van der Waals surface area contributed by atoms with Crippen molar-refractivity contribution in [3.63, 3.8) is 0 Å². The zero-order valence-electron chi connectivity index (χ0n) is 13.0. The predicted molar refractivity (Wildman–Crippen MR) is 79.9 cm³/mol. The summed E-state index contributed by atoms with van der Waals surface area (Å²) in [6, 6.07) is 4.66. The standard InChI is InChI=1S/C16H19FN2O4/c1-9(7-14(21)22)18-16(23)12-8-13(20)19(2)15(12)10-3-5-11(17)6-4-10/h3-6,9,12,15H,7-8H2,1-2H3,(H,18,23)(H,21,22). The SMILES string of the molecule is CC(CC(=O)O)NC(=O)C1CC(=O)N(C)C1c1ccc(F)cc1. The number of nitrogens with one attached hydrogen (secondary N) is 1. The van der Waals surface area contributed by atoms with Crippen molar-refractivity contribution in [1.29, 1.82) is 0 Å². The highest BCUT2D eigenvalue weighted by atomic mass is 19.1. The molecule has 1 saturated heterocycles. The molecule has 0 saturated carbocycles. The van der Waals surface area contributed by atoms with Crippen LogP contribution in [0.4, 0.5) is 4.39 Å². The number of amides is 2. The van der Waals surface area contributed by atoms with E-state index >= 15 is 0 Å². The first-order valence-electron chi connectivity index (χ1n) is 7.33. The van der Waals surface area contributed by atoms with E-state index in [-0.39, 0.29) is 24.7 Å². The predicted octanol–water partition coefficient (Wildman–Crippen LogP) is 1.32. The lowest BCUT2D eigenvalue weighted by atomic mass is 9.92. The molecule has 7 heteroatoms. The number of benzene rings is 1. The monoisotopic (exact) mass is 322 g/mol. The fourth-order valence-electron chi connectivity index (χ4n) is 2.88. The molecule has 1 aliphatic rings. The molecule has 124 valence electrons. The van der Waals surface area contributed by atoms with Gasteiger partial charge in [0.15, 0.2) is 0 Å². The molecule has 2 rings (SSSR count). The van der Waals surface area contributed by atoms with Crippen molar-refractivity contribution in [2.75, 3.05) is 7.05 Å². The smallest absolute Gasteiger partial charge is 0.305 e. The summed E-state index contributed by atoms with van der Waals surface area (Å²) in [5.41, 5.74) is 0.672. The number of carboxylic acid groups (broad SMARTS) is 1. The molecule has 1 aromatic carbocycles. The zero-order chi connectivity index (χ0) is 17.1. The number of halogens is 1. The Kier molecular flexibility index (Phi) is 4.98. The molecule has 0 radical (unpaired) electrons. The van der Waals surface area contributed by atoms with Crippen LogP contribution in [0.2, 0.25) is 0 Å². The molecule has 1 heterocycles. The maximum absolute atomic E-state index is 13.1. The number of rotatable bonds is 5. The van der Waals surface area contributed by atoms with Crippen LogP contribution >= 0.6 is 0 Å². The van der Waals surface area contributed by atoms with Gasteiger partial charge in [-0.15, -0.1) is 0 Å². The van der Waals surface area contributed by atoms with Gasteiger partial charge in [0.2, 0.25) is 11.8 Å². The number of aliphatic carboxylic acids is 1. The zero-order valence-corrected chi connectivity index (χ0v) is 13.0. The van der Waals surface area contributed by atoms with E-state index in [0.717, 1.165) is 0 Å². The van der Waals surface area contributed by atoms with Gasteiger partial charge in [-0.2, -0.15) is 0 Å². The van der Waals surface area contributed by atoms with Gasteiger partial charge in [-0.25, -0.2) is 4.39 Å². The van der Waals surface area contributed by atoms with Crippen LogP contribution in [-0.2, 0) is 14.4 Å². The highest BCUT2D eigenvalue weighted by molar-refractivity contribution is 5.90. The average molecular weight is 322 g/mol. The second kappa shape index (κ2) is 6.76. The Morgan fingerprint density at radius 3 is 2.57 bits per heavy atom. The highest BCUT2D eigenvalue weighted by Gasteiger charge is 2.42. The minimum Gasteiger partial charge on any atom is -0.481 e. The fourth-order valence-corrected chi connectivity index (χ4v) is 2.88. The third-order valence-corrected chi connectivity index (χ3v) is 4.00. The van der Waals surface area contributed by atoms with E-state index in [1.54, 1.807) is 26.1 Å². The molecule has 1 fully saturated rings. The van der Waals surface area contributed by atoms with Gasteiger partial charge in [-0.05, 0) is 24.6 Å². The minimum absolute atomic E-state index is 0.0458. The lowest BCUT2D eigenvalue weighted by Crippen LogP contribution is -2.40. The van der Waals surface area contributed by atoms with Gasteiger partial charge in [-0.3, -0.25) is 14.4 Å². The molecule has 3 unspecified atom stereocenters. The number of nitrogens with zero attached hydrogens (tertiary/aromatic N) is 1. The Balaban J connectivity index is 2.18. The van der Waals surface area contributed by atoms with Gasteiger partial charge in [0, 0.05) is 19.5 Å². The van der Waals surface area contributed by atoms with Crippen molar-refractivity contribution in [1.82, 2.24) is 10.2 Å². The number of carboxylic acids is 1. The van der Waals surface area contributed by atoms with Crippen LogP contribution in [-0.4, -0.2) is 40.9 Å². The Morgan fingerprint density at radius 2 is 2.00 bits per heavy atom. The lowest BCUT2D eigenvalue weighted by molar-refractivity contribution is -0.137. The van der Waals surface area contributed by atoms with E-state index in [1.807, 2.05) is 0 Å². The Bertz CT molecular complexity index is 617. The average Bonchev–Trinajstić information content (AvgIpc) is 2.75. The van der Waals surface area contributed by atoms with Crippen molar-refractivity contribution in [2.45, 2.75) is 31.8 Å². The van der Waals surface area contributed by atoms with Crippen LogP contribution < -0.4 is 5.32 Å². The summed E-state index contributed by atoms with van der Waals surface area (Å²) in [4.78, 5) is 36.6. The molecule has 0 aromatic heterocycles. The van der Waals surface area contributed by atoms with E-state index in [4.69, 9.17) is 5.11 Å². The van der Waals surface area contributed by atoms with E-state index in [2.05, 4.69) is 5.32 Å². The molecule has 23 heavy (non-hydrogen) atoms. The first-order valence-corrected chi connectivity index (χ1v) is 7.33. The van der Waals surface area contributed by atoms with Crippen molar-refractivity contribution < 1.29 is 23.9 Å². The van der Waals surface area contributed by atoms with Crippen molar-refractivity contribution >= 4 is 17.8 Å². The molecule has 6 nitrogen and oxygen atoms in total. The van der Waals surface area contributed by atoms with Crippen molar-refractivity contribution in [3.05, 3.63) is 35.6 Å². The molecule has 2 amide bonds. The molecule has 3 atom stereocenters. The molecule has 0 spiro atoms. The van der Waals surface area contributed by atoms with E-state index < -0.39 is 29.8 Å². The summed E-state index contributed by atoms with van der Waals surface area (Å²) in [7, 11) is 1.60. The molecular weight excluding hydrogens is 303 g/mol. The summed E-state index contributed by atoms with van der Waals surface area (Å²) in [6.45, 7) is 1.60. The van der Waals surface area contributed by atoms with E-state index in [0.29, 0.717) is 5.56 Å². The largest absolute Gasteiger partial charge is 0.481 e. The number of carbonyl (C=O) groups excluding carboxylic acids is 2.